The molecule has 29 heavy (non-hydrogen) atoms. The summed E-state index contributed by atoms with van der Waals surface area (Å²) in [6, 6.07) is 4.52. The zero-order valence-electron chi connectivity index (χ0n) is 17.1. The molecule has 0 aromatic heterocycles. The van der Waals surface area contributed by atoms with E-state index < -0.39 is 0 Å². The van der Waals surface area contributed by atoms with Crippen LogP contribution in [-0.2, 0) is 28.3 Å². The zero-order valence-corrected chi connectivity index (χ0v) is 18.2. The maximum atomic E-state index is 12.2. The van der Waals surface area contributed by atoms with Crippen molar-refractivity contribution < 1.29 is 21.9 Å². The molecule has 4 heteroatoms. The number of aryl methyl sites for hydroxylation is 2. The number of amides is 1. The number of benzene rings is 1. The van der Waals surface area contributed by atoms with Crippen LogP contribution in [0.2, 0.25) is 0 Å². The maximum Gasteiger partial charge on any atom is 2.00 e. The van der Waals surface area contributed by atoms with Gasteiger partial charge in [0.2, 0.25) is 5.91 Å². The Bertz CT molecular complexity index is 755. The maximum absolute atomic E-state index is 12.2. The molecule has 1 aromatic rings. The molecule has 4 aliphatic rings. The number of hydrogen-bond acceptors (Lipinski definition) is 2. The van der Waals surface area contributed by atoms with Crippen LogP contribution in [0, 0.1) is 83.5 Å². The number of nitrogens with zero attached hydrogens (tertiary/aromatic N) is 2. The Morgan fingerprint density at radius 2 is 1.62 bits per heavy atom. The Balaban J connectivity index is 0.000000352. The molecule has 0 spiro atoms. The van der Waals surface area contributed by atoms with Gasteiger partial charge in [0, 0.05) is 24.3 Å². The molecule has 3 aliphatic carbocycles. The molecule has 2 fully saturated rings. The van der Waals surface area contributed by atoms with E-state index in [0.29, 0.717) is 5.92 Å². The molecule has 1 aromatic carbocycles. The summed E-state index contributed by atoms with van der Waals surface area (Å²) in [6.07, 6.45) is 20.4. The van der Waals surface area contributed by atoms with E-state index in [1.54, 1.807) is 11.9 Å². The van der Waals surface area contributed by atoms with Gasteiger partial charge >= 0.3 is 17.1 Å². The molecule has 1 aliphatic heterocycles. The second-order valence-corrected chi connectivity index (χ2v) is 7.73. The van der Waals surface area contributed by atoms with Gasteiger partial charge in [-0.1, -0.05) is 11.6 Å². The van der Waals surface area contributed by atoms with Crippen molar-refractivity contribution in [3.8, 4) is 0 Å². The SMILES string of the molecule is CC(=O)N1N=C2c3cc(C)cc(C)c3CC[C@H]2[C@H]1[C]1[CH][CH][CH][CH]1.[CH]1[CH][CH][CH][CH]1.[Fe+2]. The Labute approximate surface area is 187 Å². The molecule has 0 saturated heterocycles. The first-order valence-electron chi connectivity index (χ1n) is 9.93. The minimum absolute atomic E-state index is 0. The Hall–Kier alpha value is -1.12. The number of carbonyl (C=O) groups is 1. The van der Waals surface area contributed by atoms with E-state index in [9.17, 15) is 4.79 Å². The molecule has 0 N–H and O–H groups in total. The fraction of sp³-hybridized carbons (Fsp3) is 0.280. The van der Waals surface area contributed by atoms with E-state index in [4.69, 9.17) is 5.10 Å². The smallest absolute Gasteiger partial charge is 0.273 e. The van der Waals surface area contributed by atoms with Gasteiger partial charge in [0.1, 0.15) is 0 Å². The molecule has 10 radical (unpaired) electrons. The average molecular weight is 426 g/mol. The van der Waals surface area contributed by atoms with Gasteiger partial charge in [0.15, 0.2) is 0 Å². The van der Waals surface area contributed by atoms with Crippen molar-refractivity contribution in [2.45, 2.75) is 39.7 Å². The van der Waals surface area contributed by atoms with Crippen molar-refractivity contribution in [2.24, 2.45) is 11.0 Å². The molecule has 0 bridgehead atoms. The molecule has 0 unspecified atom stereocenters. The largest absolute Gasteiger partial charge is 2.00 e. The number of rotatable bonds is 1. The molecular formula is C25H26FeN2O+2. The van der Waals surface area contributed by atoms with Gasteiger partial charge in [0.05, 0.1) is 11.8 Å². The standard InChI is InChI=1S/C20H21N2O.C5H5.Fe/c1-12-10-13(2)16-8-9-17-19(18(16)11-12)21-22(14(3)23)20(17)15-6-4-5-7-15;1-2-4-5-3-1;/h4-7,10-11,17,20H,8-9H2,1-3H3;1-5H;/q;;+2/t17-,20-;;/m1../s1. The van der Waals surface area contributed by atoms with E-state index >= 15 is 0 Å². The normalized spacial score (nSPS) is 25.5. The number of hydrazone groups is 1. The van der Waals surface area contributed by atoms with E-state index in [1.807, 2.05) is 44.9 Å². The Morgan fingerprint density at radius 3 is 2.21 bits per heavy atom. The van der Waals surface area contributed by atoms with E-state index in [0.717, 1.165) is 18.6 Å². The summed E-state index contributed by atoms with van der Waals surface area (Å²) in [5, 5.41) is 6.47. The third-order valence-electron chi connectivity index (χ3n) is 5.72. The van der Waals surface area contributed by atoms with Crippen molar-refractivity contribution >= 4 is 11.6 Å². The predicted octanol–water partition coefficient (Wildman–Crippen LogP) is 4.22. The summed E-state index contributed by atoms with van der Waals surface area (Å²) >= 11 is 0. The van der Waals surface area contributed by atoms with Crippen LogP contribution < -0.4 is 0 Å². The molecule has 1 amide bonds. The van der Waals surface area contributed by atoms with Crippen LogP contribution in [0.1, 0.15) is 35.6 Å². The quantitative estimate of drug-likeness (QED) is 0.619. The second-order valence-electron chi connectivity index (χ2n) is 7.73. The molecule has 1 heterocycles. The fourth-order valence-corrected chi connectivity index (χ4v) is 4.52. The zero-order chi connectivity index (χ0) is 19.7. The molecular weight excluding hydrogens is 400 g/mol. The molecule has 2 atom stereocenters. The van der Waals surface area contributed by atoms with Crippen LogP contribution in [0.25, 0.3) is 0 Å². The Kier molecular flexibility index (Phi) is 7.62. The first-order chi connectivity index (χ1) is 13.6. The monoisotopic (exact) mass is 426 g/mol. The summed E-state index contributed by atoms with van der Waals surface area (Å²) in [4.78, 5) is 12.2. The summed E-state index contributed by atoms with van der Waals surface area (Å²) < 4.78 is 0. The van der Waals surface area contributed by atoms with Crippen LogP contribution in [0.4, 0.5) is 0 Å². The van der Waals surface area contributed by atoms with Gasteiger partial charge in [-0.2, -0.15) is 5.10 Å². The number of fused-ring (bicyclic) bond motifs is 3. The summed E-state index contributed by atoms with van der Waals surface area (Å²) in [6.45, 7) is 5.92. The fourth-order valence-electron chi connectivity index (χ4n) is 4.52. The third-order valence-corrected chi connectivity index (χ3v) is 5.72. The predicted molar refractivity (Wildman–Crippen MR) is 113 cm³/mol. The first-order valence-corrected chi connectivity index (χ1v) is 9.93. The van der Waals surface area contributed by atoms with Crippen LogP contribution in [-0.4, -0.2) is 22.7 Å². The van der Waals surface area contributed by atoms with Crippen LogP contribution in [0.3, 0.4) is 0 Å². The first kappa shape index (κ1) is 22.6. The van der Waals surface area contributed by atoms with Crippen molar-refractivity contribution in [1.29, 1.82) is 0 Å². The minimum Gasteiger partial charge on any atom is -0.273 e. The minimum atomic E-state index is 0. The molecule has 5 rings (SSSR count). The summed E-state index contributed by atoms with van der Waals surface area (Å²) in [7, 11) is 0. The molecule has 148 valence electrons. The number of carbonyl (C=O) groups excluding carboxylic acids is 1. The van der Waals surface area contributed by atoms with Crippen LogP contribution in [0.15, 0.2) is 17.2 Å². The van der Waals surface area contributed by atoms with E-state index in [-0.39, 0.29) is 29.0 Å². The van der Waals surface area contributed by atoms with Crippen molar-refractivity contribution in [2.75, 3.05) is 0 Å². The topological polar surface area (TPSA) is 32.7 Å². The van der Waals surface area contributed by atoms with Gasteiger partial charge in [-0.05, 0) is 102 Å². The van der Waals surface area contributed by atoms with E-state index in [2.05, 4.69) is 38.8 Å². The van der Waals surface area contributed by atoms with Gasteiger partial charge in [-0.25, -0.2) is 5.01 Å². The Morgan fingerprint density at radius 1 is 1.00 bits per heavy atom. The number of hydrogen-bond donors (Lipinski definition) is 0. The van der Waals surface area contributed by atoms with E-state index in [1.165, 1.54) is 28.2 Å². The van der Waals surface area contributed by atoms with Gasteiger partial charge in [-0.3, -0.25) is 4.79 Å². The summed E-state index contributed by atoms with van der Waals surface area (Å²) in [5.41, 5.74) is 6.35. The molecule has 3 nitrogen and oxygen atoms in total. The average Bonchev–Trinajstić information content (AvgIpc) is 3.41. The second kappa shape index (κ2) is 9.79. The molecule has 2 saturated carbocycles. The third kappa shape index (κ3) is 4.64. The van der Waals surface area contributed by atoms with Gasteiger partial charge in [-0.15, -0.1) is 0 Å². The van der Waals surface area contributed by atoms with Crippen LogP contribution >= 0.6 is 0 Å². The van der Waals surface area contributed by atoms with Crippen molar-refractivity contribution in [3.63, 3.8) is 0 Å². The van der Waals surface area contributed by atoms with Gasteiger partial charge in [0.25, 0.3) is 0 Å². The van der Waals surface area contributed by atoms with Gasteiger partial charge < -0.3 is 0 Å². The van der Waals surface area contributed by atoms with Crippen molar-refractivity contribution in [3.05, 3.63) is 98.1 Å². The van der Waals surface area contributed by atoms with Crippen LogP contribution in [0.5, 0.6) is 0 Å². The summed E-state index contributed by atoms with van der Waals surface area (Å²) in [5.74, 6) is 1.51. The van der Waals surface area contributed by atoms with Crippen molar-refractivity contribution in [1.82, 2.24) is 5.01 Å².